The lowest BCUT2D eigenvalue weighted by atomic mass is 10.0. The number of ketones is 1. The van der Waals surface area contributed by atoms with Crippen LogP contribution in [0, 0.1) is 11.6 Å². The summed E-state index contributed by atoms with van der Waals surface area (Å²) in [5.41, 5.74) is -0.421. The maximum absolute atomic E-state index is 13.7. The van der Waals surface area contributed by atoms with Crippen molar-refractivity contribution in [3.8, 4) is 5.75 Å². The SMILES string of the molecule is COc1cc(F)c(C(=O)c2ccncc2)c(F)c1. The lowest BCUT2D eigenvalue weighted by Gasteiger charge is -2.06. The number of carbonyl (C=O) groups excluding carboxylic acids is 1. The number of carbonyl (C=O) groups is 1. The molecule has 0 aliphatic carbocycles. The molecule has 2 rings (SSSR count). The average molecular weight is 249 g/mol. The van der Waals surface area contributed by atoms with Gasteiger partial charge in [-0.1, -0.05) is 0 Å². The van der Waals surface area contributed by atoms with Gasteiger partial charge in [0.25, 0.3) is 0 Å². The Balaban J connectivity index is 2.49. The second kappa shape index (κ2) is 4.91. The standard InChI is InChI=1S/C13H9F2NO2/c1-18-9-6-10(14)12(11(15)7-9)13(17)8-2-4-16-5-3-8/h2-7H,1H3. The number of hydrogen-bond donors (Lipinski definition) is 0. The van der Waals surface area contributed by atoms with Crippen molar-refractivity contribution < 1.29 is 18.3 Å². The molecule has 0 saturated carbocycles. The number of benzene rings is 1. The molecule has 2 aromatic rings. The van der Waals surface area contributed by atoms with Crippen molar-refractivity contribution in [2.24, 2.45) is 0 Å². The van der Waals surface area contributed by atoms with Gasteiger partial charge in [0.15, 0.2) is 5.78 Å². The van der Waals surface area contributed by atoms with Gasteiger partial charge in [0.2, 0.25) is 0 Å². The van der Waals surface area contributed by atoms with Crippen LogP contribution in [0.25, 0.3) is 0 Å². The predicted molar refractivity (Wildman–Crippen MR) is 60.6 cm³/mol. The van der Waals surface area contributed by atoms with Gasteiger partial charge in [0.05, 0.1) is 12.7 Å². The first kappa shape index (κ1) is 12.2. The zero-order valence-electron chi connectivity index (χ0n) is 9.48. The fourth-order valence-electron chi connectivity index (χ4n) is 1.53. The van der Waals surface area contributed by atoms with E-state index >= 15 is 0 Å². The monoisotopic (exact) mass is 249 g/mol. The lowest BCUT2D eigenvalue weighted by molar-refractivity contribution is 0.103. The van der Waals surface area contributed by atoms with E-state index in [2.05, 4.69) is 4.98 Å². The Labute approximate surface area is 102 Å². The van der Waals surface area contributed by atoms with E-state index in [1.165, 1.54) is 31.6 Å². The van der Waals surface area contributed by atoms with Gasteiger partial charge in [0.1, 0.15) is 17.4 Å². The molecule has 0 unspecified atom stereocenters. The minimum atomic E-state index is -0.950. The molecule has 0 N–H and O–H groups in total. The Morgan fingerprint density at radius 1 is 1.17 bits per heavy atom. The third kappa shape index (κ3) is 2.20. The minimum Gasteiger partial charge on any atom is -0.497 e. The summed E-state index contributed by atoms with van der Waals surface area (Å²) < 4.78 is 32.1. The highest BCUT2D eigenvalue weighted by Gasteiger charge is 2.20. The largest absolute Gasteiger partial charge is 0.497 e. The zero-order valence-corrected chi connectivity index (χ0v) is 9.48. The molecule has 18 heavy (non-hydrogen) atoms. The van der Waals surface area contributed by atoms with Gasteiger partial charge in [0, 0.05) is 30.1 Å². The molecule has 1 aromatic carbocycles. The molecule has 0 atom stereocenters. The van der Waals surface area contributed by atoms with Crippen LogP contribution in [0.5, 0.6) is 5.75 Å². The van der Waals surface area contributed by atoms with E-state index in [9.17, 15) is 13.6 Å². The van der Waals surface area contributed by atoms with E-state index in [4.69, 9.17) is 4.74 Å². The van der Waals surface area contributed by atoms with Crippen LogP contribution in [0.15, 0.2) is 36.7 Å². The Kier molecular flexibility index (Phi) is 3.32. The van der Waals surface area contributed by atoms with Crippen LogP contribution in [-0.4, -0.2) is 17.9 Å². The smallest absolute Gasteiger partial charge is 0.199 e. The highest BCUT2D eigenvalue weighted by atomic mass is 19.1. The molecule has 0 amide bonds. The number of ether oxygens (including phenoxy) is 1. The summed E-state index contributed by atoms with van der Waals surface area (Å²) in [5.74, 6) is -2.60. The van der Waals surface area contributed by atoms with Crippen molar-refractivity contribution in [3.63, 3.8) is 0 Å². The van der Waals surface area contributed by atoms with E-state index in [-0.39, 0.29) is 11.3 Å². The summed E-state index contributed by atoms with van der Waals surface area (Å²) in [6.45, 7) is 0. The molecule has 1 aromatic heterocycles. The average Bonchev–Trinajstić information content (AvgIpc) is 2.38. The molecule has 0 fully saturated rings. The van der Waals surface area contributed by atoms with Crippen molar-refractivity contribution >= 4 is 5.78 Å². The highest BCUT2D eigenvalue weighted by molar-refractivity contribution is 6.09. The fraction of sp³-hybridized carbons (Fsp3) is 0.0769. The lowest BCUT2D eigenvalue weighted by Crippen LogP contribution is -2.08. The molecule has 1 heterocycles. The first-order chi connectivity index (χ1) is 8.63. The number of nitrogens with zero attached hydrogens (tertiary/aromatic N) is 1. The maximum Gasteiger partial charge on any atom is 0.199 e. The first-order valence-corrected chi connectivity index (χ1v) is 5.11. The van der Waals surface area contributed by atoms with Gasteiger partial charge in [-0.25, -0.2) is 8.78 Å². The fourth-order valence-corrected chi connectivity index (χ4v) is 1.53. The third-order valence-electron chi connectivity index (χ3n) is 2.42. The Morgan fingerprint density at radius 2 is 1.72 bits per heavy atom. The third-order valence-corrected chi connectivity index (χ3v) is 2.42. The van der Waals surface area contributed by atoms with Crippen molar-refractivity contribution in [3.05, 3.63) is 59.4 Å². The number of hydrogen-bond acceptors (Lipinski definition) is 3. The normalized spacial score (nSPS) is 10.2. The predicted octanol–water partition coefficient (Wildman–Crippen LogP) is 2.60. The molecule has 0 aliphatic heterocycles. The minimum absolute atomic E-state index is 0.0243. The van der Waals surface area contributed by atoms with Gasteiger partial charge in [-0.2, -0.15) is 0 Å². The van der Waals surface area contributed by atoms with Gasteiger partial charge in [-0.05, 0) is 12.1 Å². The van der Waals surface area contributed by atoms with Gasteiger partial charge in [-0.15, -0.1) is 0 Å². The molecule has 0 spiro atoms. The van der Waals surface area contributed by atoms with Crippen molar-refractivity contribution in [1.82, 2.24) is 4.98 Å². The summed E-state index contributed by atoms with van der Waals surface area (Å²) in [6.07, 6.45) is 2.76. The van der Waals surface area contributed by atoms with Crippen LogP contribution in [0.2, 0.25) is 0 Å². The Hall–Kier alpha value is -2.30. The Bertz CT molecular complexity index is 562. The molecule has 0 bridgehead atoms. The number of rotatable bonds is 3. The van der Waals surface area contributed by atoms with Crippen molar-refractivity contribution in [2.45, 2.75) is 0 Å². The quantitative estimate of drug-likeness (QED) is 0.785. The second-order valence-electron chi connectivity index (χ2n) is 3.53. The maximum atomic E-state index is 13.7. The summed E-state index contributed by atoms with van der Waals surface area (Å²) in [4.78, 5) is 15.7. The van der Waals surface area contributed by atoms with Crippen LogP contribution >= 0.6 is 0 Å². The van der Waals surface area contributed by atoms with Gasteiger partial charge >= 0.3 is 0 Å². The second-order valence-corrected chi connectivity index (χ2v) is 3.53. The summed E-state index contributed by atoms with van der Waals surface area (Å²) >= 11 is 0. The van der Waals surface area contributed by atoms with E-state index in [0.717, 1.165) is 12.1 Å². The molecular formula is C13H9F2NO2. The number of pyridine rings is 1. The van der Waals surface area contributed by atoms with Crippen LogP contribution in [0.3, 0.4) is 0 Å². The molecule has 3 nitrogen and oxygen atoms in total. The van der Waals surface area contributed by atoms with Crippen LogP contribution < -0.4 is 4.74 Å². The molecular weight excluding hydrogens is 240 g/mol. The number of methoxy groups -OCH3 is 1. The van der Waals surface area contributed by atoms with Crippen LogP contribution in [-0.2, 0) is 0 Å². The summed E-state index contributed by atoms with van der Waals surface area (Å²) in [7, 11) is 1.29. The summed E-state index contributed by atoms with van der Waals surface area (Å²) in [5, 5.41) is 0. The van der Waals surface area contributed by atoms with E-state index in [0.29, 0.717) is 0 Å². The zero-order chi connectivity index (χ0) is 13.1. The van der Waals surface area contributed by atoms with E-state index < -0.39 is 23.0 Å². The van der Waals surface area contributed by atoms with Gasteiger partial charge in [-0.3, -0.25) is 9.78 Å². The van der Waals surface area contributed by atoms with E-state index in [1.807, 2.05) is 0 Å². The molecule has 0 saturated heterocycles. The Morgan fingerprint density at radius 3 is 2.22 bits per heavy atom. The molecule has 0 radical (unpaired) electrons. The molecule has 5 heteroatoms. The topological polar surface area (TPSA) is 39.2 Å². The van der Waals surface area contributed by atoms with E-state index in [1.54, 1.807) is 0 Å². The van der Waals surface area contributed by atoms with Crippen molar-refractivity contribution in [2.75, 3.05) is 7.11 Å². The number of aromatic nitrogens is 1. The molecule has 92 valence electrons. The number of halogens is 2. The highest BCUT2D eigenvalue weighted by Crippen LogP contribution is 2.22. The summed E-state index contributed by atoms with van der Waals surface area (Å²) in [6, 6.07) is 4.73. The van der Waals surface area contributed by atoms with Crippen molar-refractivity contribution in [1.29, 1.82) is 0 Å². The van der Waals surface area contributed by atoms with Crippen LogP contribution in [0.1, 0.15) is 15.9 Å². The van der Waals surface area contributed by atoms with Gasteiger partial charge < -0.3 is 4.74 Å². The first-order valence-electron chi connectivity index (χ1n) is 5.11. The molecule has 0 aliphatic rings. The van der Waals surface area contributed by atoms with Crippen LogP contribution in [0.4, 0.5) is 8.78 Å².